The van der Waals surface area contributed by atoms with Crippen molar-refractivity contribution in [2.75, 3.05) is 5.32 Å². The summed E-state index contributed by atoms with van der Waals surface area (Å²) in [4.78, 5) is 4.55. The molecule has 3 heteroatoms. The highest BCUT2D eigenvalue weighted by atomic mass is 35.5. The van der Waals surface area contributed by atoms with Gasteiger partial charge in [0.15, 0.2) is 0 Å². The molecule has 0 amide bonds. The lowest BCUT2D eigenvalue weighted by atomic mass is 9.91. The number of nitrogens with one attached hydrogen (secondary N) is 1. The minimum atomic E-state index is 0.267. The van der Waals surface area contributed by atoms with E-state index in [9.17, 15) is 0 Å². The molecular weight excluding hydrogens is 256 g/mol. The van der Waals surface area contributed by atoms with Crippen molar-refractivity contribution in [3.8, 4) is 0 Å². The first-order valence-electron chi connectivity index (χ1n) is 6.71. The normalized spacial score (nSPS) is 17.9. The molecule has 1 aromatic heterocycles. The van der Waals surface area contributed by atoms with Crippen molar-refractivity contribution in [1.29, 1.82) is 0 Å². The topological polar surface area (TPSA) is 24.9 Å². The number of para-hydroxylation sites is 1. The Hall–Kier alpha value is -1.54. The zero-order chi connectivity index (χ0) is 13.2. The average molecular weight is 273 g/mol. The number of nitrogens with zero attached hydrogens (tertiary/aromatic N) is 1. The van der Waals surface area contributed by atoms with Gasteiger partial charge in [-0.25, -0.2) is 0 Å². The second kappa shape index (κ2) is 5.22. The summed E-state index contributed by atoms with van der Waals surface area (Å²) in [6.45, 7) is 2.08. The first-order chi connectivity index (χ1) is 9.25. The molecule has 0 saturated carbocycles. The molecule has 0 fully saturated rings. The lowest BCUT2D eigenvalue weighted by Crippen LogP contribution is -2.19. The highest BCUT2D eigenvalue weighted by Gasteiger charge is 2.22. The molecule has 1 atom stereocenters. The predicted molar refractivity (Wildman–Crippen MR) is 79.7 cm³/mol. The zero-order valence-electron chi connectivity index (χ0n) is 11.0. The van der Waals surface area contributed by atoms with Gasteiger partial charge in [-0.1, -0.05) is 29.8 Å². The smallest absolute Gasteiger partial charge is 0.0688 e. The maximum absolute atomic E-state index is 6.29. The molecule has 3 rings (SSSR count). The van der Waals surface area contributed by atoms with Crippen LogP contribution in [0.2, 0.25) is 5.02 Å². The summed E-state index contributed by atoms with van der Waals surface area (Å²) >= 11 is 6.29. The zero-order valence-corrected chi connectivity index (χ0v) is 11.7. The van der Waals surface area contributed by atoms with E-state index in [0.717, 1.165) is 23.6 Å². The molecule has 1 aliphatic carbocycles. The summed E-state index contributed by atoms with van der Waals surface area (Å²) in [5.41, 5.74) is 4.74. The van der Waals surface area contributed by atoms with Crippen LogP contribution in [0.15, 0.2) is 36.5 Å². The third-order valence-electron chi connectivity index (χ3n) is 3.74. The molecule has 0 aliphatic heterocycles. The molecule has 0 saturated heterocycles. The molecule has 0 spiro atoms. The predicted octanol–water partition coefficient (Wildman–Crippen LogP) is 4.53. The Balaban J connectivity index is 1.93. The Morgan fingerprint density at radius 1 is 1.26 bits per heavy atom. The Morgan fingerprint density at radius 2 is 2.16 bits per heavy atom. The van der Waals surface area contributed by atoms with Gasteiger partial charge in [-0.2, -0.15) is 0 Å². The number of aryl methyl sites for hydroxylation is 2. The quantitative estimate of drug-likeness (QED) is 0.869. The van der Waals surface area contributed by atoms with E-state index < -0.39 is 0 Å². The van der Waals surface area contributed by atoms with Gasteiger partial charge in [0.25, 0.3) is 0 Å². The molecule has 0 radical (unpaired) electrons. The minimum absolute atomic E-state index is 0.267. The van der Waals surface area contributed by atoms with Crippen molar-refractivity contribution in [1.82, 2.24) is 4.98 Å². The van der Waals surface area contributed by atoms with Crippen molar-refractivity contribution < 1.29 is 0 Å². The van der Waals surface area contributed by atoms with Crippen LogP contribution in [0.25, 0.3) is 0 Å². The van der Waals surface area contributed by atoms with Crippen molar-refractivity contribution >= 4 is 17.3 Å². The van der Waals surface area contributed by atoms with E-state index in [-0.39, 0.29) is 6.04 Å². The van der Waals surface area contributed by atoms with Crippen LogP contribution in [-0.4, -0.2) is 4.98 Å². The lowest BCUT2D eigenvalue weighted by molar-refractivity contribution is 0.583. The molecule has 1 aromatic carbocycles. The van der Waals surface area contributed by atoms with Gasteiger partial charge >= 0.3 is 0 Å². The van der Waals surface area contributed by atoms with Gasteiger partial charge < -0.3 is 5.32 Å². The van der Waals surface area contributed by atoms with Crippen LogP contribution < -0.4 is 5.32 Å². The van der Waals surface area contributed by atoms with E-state index in [1.54, 1.807) is 0 Å². The van der Waals surface area contributed by atoms with Crippen molar-refractivity contribution in [2.45, 2.75) is 32.2 Å². The molecular formula is C16H17ClN2. The largest absolute Gasteiger partial charge is 0.375 e. The first kappa shape index (κ1) is 12.5. The van der Waals surface area contributed by atoms with Crippen LogP contribution in [0.4, 0.5) is 5.69 Å². The summed E-state index contributed by atoms with van der Waals surface area (Å²) in [6, 6.07) is 10.5. The van der Waals surface area contributed by atoms with Crippen LogP contribution in [0.5, 0.6) is 0 Å². The number of fused-ring (bicyclic) bond motifs is 1. The van der Waals surface area contributed by atoms with Crippen molar-refractivity contribution in [2.24, 2.45) is 0 Å². The maximum Gasteiger partial charge on any atom is 0.0688 e. The lowest BCUT2D eigenvalue weighted by Gasteiger charge is -2.27. The number of pyridine rings is 1. The summed E-state index contributed by atoms with van der Waals surface area (Å²) < 4.78 is 0. The molecule has 19 heavy (non-hydrogen) atoms. The summed E-state index contributed by atoms with van der Waals surface area (Å²) in [5, 5.41) is 4.36. The van der Waals surface area contributed by atoms with Crippen LogP contribution in [0.3, 0.4) is 0 Å². The molecule has 1 heterocycles. The van der Waals surface area contributed by atoms with Crippen LogP contribution in [-0.2, 0) is 6.42 Å². The van der Waals surface area contributed by atoms with E-state index in [1.165, 1.54) is 23.2 Å². The Bertz CT molecular complexity index is 575. The number of hydrogen-bond donors (Lipinski definition) is 1. The molecule has 2 nitrogen and oxygen atoms in total. The average Bonchev–Trinajstić information content (AvgIpc) is 2.43. The number of rotatable bonds is 2. The Labute approximate surface area is 118 Å². The fraction of sp³-hybridized carbons (Fsp3) is 0.312. The van der Waals surface area contributed by atoms with Crippen molar-refractivity contribution in [3.63, 3.8) is 0 Å². The van der Waals surface area contributed by atoms with Crippen LogP contribution in [0.1, 0.15) is 35.7 Å². The highest BCUT2D eigenvalue weighted by Crippen LogP contribution is 2.34. The SMILES string of the molecule is Cc1cccc(Cl)c1NC1CCCc2cccnc21. The maximum atomic E-state index is 6.29. The molecule has 98 valence electrons. The number of aromatic nitrogens is 1. The molecule has 1 N–H and O–H groups in total. The number of anilines is 1. The standard InChI is InChI=1S/C16H17ClN2/c1-11-5-2-8-13(17)15(11)19-14-9-3-6-12-7-4-10-18-16(12)14/h2,4-5,7-8,10,14,19H,3,6,9H2,1H3. The van der Waals surface area contributed by atoms with E-state index >= 15 is 0 Å². The van der Waals surface area contributed by atoms with E-state index in [0.29, 0.717) is 0 Å². The fourth-order valence-electron chi connectivity index (χ4n) is 2.74. The van der Waals surface area contributed by atoms with Crippen LogP contribution in [0, 0.1) is 6.92 Å². The van der Waals surface area contributed by atoms with Gasteiger partial charge in [0, 0.05) is 6.20 Å². The number of benzene rings is 1. The highest BCUT2D eigenvalue weighted by molar-refractivity contribution is 6.33. The molecule has 0 bridgehead atoms. The third-order valence-corrected chi connectivity index (χ3v) is 4.05. The van der Waals surface area contributed by atoms with Gasteiger partial charge in [0.1, 0.15) is 0 Å². The van der Waals surface area contributed by atoms with Gasteiger partial charge in [0.2, 0.25) is 0 Å². The van der Waals surface area contributed by atoms with Gasteiger partial charge in [-0.05, 0) is 49.4 Å². The van der Waals surface area contributed by atoms with Gasteiger partial charge in [-0.3, -0.25) is 4.98 Å². The molecule has 1 aliphatic rings. The molecule has 2 aromatic rings. The second-order valence-electron chi connectivity index (χ2n) is 5.07. The minimum Gasteiger partial charge on any atom is -0.375 e. The Morgan fingerprint density at radius 3 is 3.00 bits per heavy atom. The summed E-state index contributed by atoms with van der Waals surface area (Å²) in [7, 11) is 0. The summed E-state index contributed by atoms with van der Waals surface area (Å²) in [6.07, 6.45) is 5.30. The van der Waals surface area contributed by atoms with E-state index in [2.05, 4.69) is 29.4 Å². The van der Waals surface area contributed by atoms with Gasteiger partial charge in [0.05, 0.1) is 22.4 Å². The summed E-state index contributed by atoms with van der Waals surface area (Å²) in [5.74, 6) is 0. The fourth-order valence-corrected chi connectivity index (χ4v) is 3.02. The van der Waals surface area contributed by atoms with Gasteiger partial charge in [-0.15, -0.1) is 0 Å². The van der Waals surface area contributed by atoms with E-state index in [1.807, 2.05) is 24.4 Å². The number of hydrogen-bond acceptors (Lipinski definition) is 2. The van der Waals surface area contributed by atoms with E-state index in [4.69, 9.17) is 11.6 Å². The second-order valence-corrected chi connectivity index (χ2v) is 5.48. The van der Waals surface area contributed by atoms with Crippen molar-refractivity contribution in [3.05, 3.63) is 58.4 Å². The van der Waals surface area contributed by atoms with Crippen LogP contribution >= 0.6 is 11.6 Å². The third kappa shape index (κ3) is 2.45. The number of halogens is 1. The first-order valence-corrected chi connectivity index (χ1v) is 7.09. The Kier molecular flexibility index (Phi) is 3.43. The molecule has 1 unspecified atom stereocenters. The monoisotopic (exact) mass is 272 g/mol.